The number of nitrogens with zero attached hydrogens (tertiary/aromatic N) is 2. The summed E-state index contributed by atoms with van der Waals surface area (Å²) >= 11 is 0. The van der Waals surface area contributed by atoms with Gasteiger partial charge in [0, 0.05) is 19.1 Å². The van der Waals surface area contributed by atoms with Crippen molar-refractivity contribution in [2.75, 3.05) is 13.2 Å². The van der Waals surface area contributed by atoms with Crippen molar-refractivity contribution in [2.24, 2.45) is 10.9 Å². The minimum atomic E-state index is 0.0997. The lowest BCUT2D eigenvalue weighted by molar-refractivity contribution is -0.133. The standard InChI is InChI=1S/C15H27N3O3/c16-14(17-20)11-18(12-5-1-2-6-12)15(19)9-8-13-7-3-4-10-21-13/h12-13,20H,1-11H2,(H2,16,17). The molecule has 1 atom stereocenters. The zero-order chi connectivity index (χ0) is 15.1. The van der Waals surface area contributed by atoms with Gasteiger partial charge in [0.25, 0.3) is 0 Å². The van der Waals surface area contributed by atoms with Gasteiger partial charge in [-0.3, -0.25) is 4.79 Å². The molecular formula is C15H27N3O3. The largest absolute Gasteiger partial charge is 0.409 e. The van der Waals surface area contributed by atoms with Gasteiger partial charge in [-0.15, -0.1) is 0 Å². The van der Waals surface area contributed by atoms with Crippen LogP contribution in [0, 0.1) is 0 Å². The predicted molar refractivity (Wildman–Crippen MR) is 80.2 cm³/mol. The number of hydrogen-bond donors (Lipinski definition) is 2. The summed E-state index contributed by atoms with van der Waals surface area (Å²) in [5.74, 6) is 0.201. The van der Waals surface area contributed by atoms with Crippen molar-refractivity contribution in [3.05, 3.63) is 0 Å². The number of carbonyl (C=O) groups is 1. The van der Waals surface area contributed by atoms with Crippen LogP contribution in [0.5, 0.6) is 0 Å². The molecule has 3 N–H and O–H groups in total. The van der Waals surface area contributed by atoms with Crippen LogP contribution in [-0.2, 0) is 9.53 Å². The van der Waals surface area contributed by atoms with Gasteiger partial charge in [0.2, 0.25) is 5.91 Å². The van der Waals surface area contributed by atoms with Crippen LogP contribution in [0.3, 0.4) is 0 Å². The average Bonchev–Trinajstić information content (AvgIpc) is 3.05. The highest BCUT2D eigenvalue weighted by atomic mass is 16.5. The number of amidine groups is 1. The van der Waals surface area contributed by atoms with E-state index in [1.54, 1.807) is 4.90 Å². The highest BCUT2D eigenvalue weighted by molar-refractivity contribution is 5.87. The first-order valence-corrected chi connectivity index (χ1v) is 8.08. The number of carbonyl (C=O) groups excluding carboxylic acids is 1. The van der Waals surface area contributed by atoms with E-state index in [0.29, 0.717) is 6.42 Å². The molecule has 120 valence electrons. The fourth-order valence-electron chi connectivity index (χ4n) is 3.31. The average molecular weight is 297 g/mol. The van der Waals surface area contributed by atoms with Crippen molar-refractivity contribution in [3.63, 3.8) is 0 Å². The van der Waals surface area contributed by atoms with Gasteiger partial charge in [-0.1, -0.05) is 18.0 Å². The van der Waals surface area contributed by atoms with E-state index in [0.717, 1.165) is 51.6 Å². The van der Waals surface area contributed by atoms with E-state index < -0.39 is 0 Å². The van der Waals surface area contributed by atoms with Crippen LogP contribution in [0.25, 0.3) is 0 Å². The van der Waals surface area contributed by atoms with Crippen LogP contribution in [0.1, 0.15) is 57.8 Å². The van der Waals surface area contributed by atoms with Crippen molar-refractivity contribution in [1.82, 2.24) is 4.90 Å². The van der Waals surface area contributed by atoms with E-state index in [2.05, 4.69) is 5.16 Å². The number of rotatable bonds is 6. The molecule has 1 heterocycles. The van der Waals surface area contributed by atoms with Gasteiger partial charge < -0.3 is 20.6 Å². The van der Waals surface area contributed by atoms with Crippen LogP contribution in [0.4, 0.5) is 0 Å². The van der Waals surface area contributed by atoms with E-state index in [1.165, 1.54) is 6.42 Å². The Morgan fingerprint density at radius 3 is 2.57 bits per heavy atom. The Hall–Kier alpha value is -1.30. The topological polar surface area (TPSA) is 88.2 Å². The highest BCUT2D eigenvalue weighted by Gasteiger charge is 2.28. The van der Waals surface area contributed by atoms with E-state index in [4.69, 9.17) is 15.7 Å². The molecule has 0 aromatic rings. The molecule has 1 saturated heterocycles. The van der Waals surface area contributed by atoms with Gasteiger partial charge in [-0.2, -0.15) is 0 Å². The van der Waals surface area contributed by atoms with Crippen LogP contribution < -0.4 is 5.73 Å². The predicted octanol–water partition coefficient (Wildman–Crippen LogP) is 1.85. The monoisotopic (exact) mass is 297 g/mol. The second-order valence-corrected chi connectivity index (χ2v) is 6.08. The molecule has 0 radical (unpaired) electrons. The first-order valence-electron chi connectivity index (χ1n) is 8.08. The fourth-order valence-corrected chi connectivity index (χ4v) is 3.31. The minimum absolute atomic E-state index is 0.0997. The molecule has 2 rings (SSSR count). The van der Waals surface area contributed by atoms with E-state index in [-0.39, 0.29) is 30.4 Å². The third-order valence-electron chi connectivity index (χ3n) is 4.50. The van der Waals surface area contributed by atoms with Gasteiger partial charge in [0.15, 0.2) is 5.84 Å². The lowest BCUT2D eigenvalue weighted by atomic mass is 10.0. The van der Waals surface area contributed by atoms with Crippen LogP contribution in [0.2, 0.25) is 0 Å². The molecule has 0 bridgehead atoms. The zero-order valence-corrected chi connectivity index (χ0v) is 12.7. The van der Waals surface area contributed by atoms with Gasteiger partial charge in [-0.25, -0.2) is 0 Å². The maximum Gasteiger partial charge on any atom is 0.223 e. The third kappa shape index (κ3) is 4.88. The summed E-state index contributed by atoms with van der Waals surface area (Å²) in [6, 6.07) is 0.241. The molecule has 6 nitrogen and oxygen atoms in total. The van der Waals surface area contributed by atoms with Gasteiger partial charge in [0.1, 0.15) is 0 Å². The Labute approximate surface area is 126 Å². The summed E-state index contributed by atoms with van der Waals surface area (Å²) in [6.07, 6.45) is 9.19. The molecule has 2 aliphatic rings. The summed E-state index contributed by atoms with van der Waals surface area (Å²) in [4.78, 5) is 14.3. The van der Waals surface area contributed by atoms with Crippen LogP contribution in [-0.4, -0.2) is 47.1 Å². The SMILES string of the molecule is NC(CN(C(=O)CCC1CCCCO1)C1CCCC1)=NO. The number of nitrogens with two attached hydrogens (primary N) is 1. The number of hydrogen-bond acceptors (Lipinski definition) is 4. The Morgan fingerprint density at radius 1 is 1.24 bits per heavy atom. The summed E-state index contributed by atoms with van der Waals surface area (Å²) in [6.45, 7) is 1.04. The van der Waals surface area contributed by atoms with Crippen LogP contribution in [0.15, 0.2) is 5.16 Å². The van der Waals surface area contributed by atoms with Crippen molar-refractivity contribution < 1.29 is 14.7 Å². The Balaban J connectivity index is 1.86. The molecule has 0 aromatic heterocycles. The molecule has 0 aromatic carbocycles. The fraction of sp³-hybridized carbons (Fsp3) is 0.867. The molecule has 21 heavy (non-hydrogen) atoms. The molecule has 2 fully saturated rings. The van der Waals surface area contributed by atoms with E-state index in [1.807, 2.05) is 0 Å². The zero-order valence-electron chi connectivity index (χ0n) is 12.7. The Kier molecular flexibility index (Phi) is 6.29. The summed E-state index contributed by atoms with van der Waals surface area (Å²) < 4.78 is 5.68. The van der Waals surface area contributed by atoms with Crippen LogP contribution >= 0.6 is 0 Å². The minimum Gasteiger partial charge on any atom is -0.409 e. The van der Waals surface area contributed by atoms with E-state index >= 15 is 0 Å². The normalized spacial score (nSPS) is 24.2. The first-order chi connectivity index (χ1) is 10.2. The quantitative estimate of drug-likeness (QED) is 0.339. The van der Waals surface area contributed by atoms with E-state index in [9.17, 15) is 4.79 Å². The maximum absolute atomic E-state index is 12.5. The lowest BCUT2D eigenvalue weighted by Gasteiger charge is -2.29. The summed E-state index contributed by atoms with van der Waals surface area (Å²) in [7, 11) is 0. The van der Waals surface area contributed by atoms with Crippen molar-refractivity contribution in [2.45, 2.75) is 69.9 Å². The van der Waals surface area contributed by atoms with Gasteiger partial charge in [-0.05, 0) is 38.5 Å². The second-order valence-electron chi connectivity index (χ2n) is 6.08. The molecule has 1 unspecified atom stereocenters. The second kappa shape index (κ2) is 8.22. The smallest absolute Gasteiger partial charge is 0.223 e. The van der Waals surface area contributed by atoms with Gasteiger partial charge in [0.05, 0.1) is 12.6 Å². The molecule has 1 aliphatic carbocycles. The highest BCUT2D eigenvalue weighted by Crippen LogP contribution is 2.25. The first kappa shape index (κ1) is 16.1. The molecule has 1 aliphatic heterocycles. The number of oxime groups is 1. The molecule has 0 spiro atoms. The maximum atomic E-state index is 12.5. The Morgan fingerprint density at radius 2 is 1.95 bits per heavy atom. The number of ether oxygens (including phenoxy) is 1. The lowest BCUT2D eigenvalue weighted by Crippen LogP contribution is -2.44. The third-order valence-corrected chi connectivity index (χ3v) is 4.50. The molecule has 6 heteroatoms. The summed E-state index contributed by atoms with van der Waals surface area (Å²) in [5, 5.41) is 11.8. The summed E-state index contributed by atoms with van der Waals surface area (Å²) in [5.41, 5.74) is 5.60. The Bertz CT molecular complexity index is 361. The van der Waals surface area contributed by atoms with Crippen molar-refractivity contribution in [3.8, 4) is 0 Å². The number of amides is 1. The van der Waals surface area contributed by atoms with Gasteiger partial charge >= 0.3 is 0 Å². The molecule has 1 saturated carbocycles. The van der Waals surface area contributed by atoms with Crippen molar-refractivity contribution >= 4 is 11.7 Å². The van der Waals surface area contributed by atoms with Crippen molar-refractivity contribution in [1.29, 1.82) is 0 Å². The molecular weight excluding hydrogens is 270 g/mol. The molecule has 1 amide bonds.